The Morgan fingerprint density at radius 3 is 2.58 bits per heavy atom. The molecule has 1 heterocycles. The number of hydrogen-bond acceptors (Lipinski definition) is 2. The lowest BCUT2D eigenvalue weighted by molar-refractivity contribution is 0.151. The van der Waals surface area contributed by atoms with Crippen LogP contribution in [0.3, 0.4) is 0 Å². The van der Waals surface area contributed by atoms with Gasteiger partial charge in [-0.15, -0.1) is 0 Å². The van der Waals surface area contributed by atoms with Crippen LogP contribution >= 0.6 is 11.6 Å². The molecular formula is C15H22ClFN2. The van der Waals surface area contributed by atoms with E-state index in [1.807, 2.05) is 6.07 Å². The molecule has 1 saturated heterocycles. The standard InChI is InChI=1S/C15H22ClFN2/c1-11(2)9-15(19-7-5-18-6-8-19)13-4-3-12(16)10-14(13)17/h3-4,10-11,15,18H,5-9H2,1-2H3/t15-/m0/s1. The molecular weight excluding hydrogens is 263 g/mol. The Morgan fingerprint density at radius 1 is 1.32 bits per heavy atom. The third-order valence-electron chi connectivity index (χ3n) is 3.61. The third-order valence-corrected chi connectivity index (χ3v) is 3.84. The van der Waals surface area contributed by atoms with Crippen molar-refractivity contribution in [3.8, 4) is 0 Å². The maximum Gasteiger partial charge on any atom is 0.129 e. The van der Waals surface area contributed by atoms with E-state index < -0.39 is 0 Å². The molecule has 1 aliphatic heterocycles. The molecule has 0 saturated carbocycles. The van der Waals surface area contributed by atoms with Gasteiger partial charge in [-0.05, 0) is 24.5 Å². The molecule has 0 unspecified atom stereocenters. The Hall–Kier alpha value is -0.640. The molecule has 0 bridgehead atoms. The molecule has 2 rings (SSSR count). The van der Waals surface area contributed by atoms with E-state index in [1.165, 1.54) is 6.07 Å². The first kappa shape index (κ1) is 14.8. The van der Waals surface area contributed by atoms with Gasteiger partial charge in [0.05, 0.1) is 0 Å². The highest BCUT2D eigenvalue weighted by atomic mass is 35.5. The zero-order valence-electron chi connectivity index (χ0n) is 11.6. The SMILES string of the molecule is CC(C)C[C@@H](c1ccc(Cl)cc1F)N1CCNCC1. The summed E-state index contributed by atoms with van der Waals surface area (Å²) in [5.74, 6) is 0.353. The van der Waals surface area contributed by atoms with Gasteiger partial charge in [0.25, 0.3) is 0 Å². The van der Waals surface area contributed by atoms with Gasteiger partial charge in [0.1, 0.15) is 5.82 Å². The van der Waals surface area contributed by atoms with Crippen molar-refractivity contribution in [3.05, 3.63) is 34.6 Å². The molecule has 19 heavy (non-hydrogen) atoms. The van der Waals surface area contributed by atoms with Crippen LogP contribution in [0.5, 0.6) is 0 Å². The van der Waals surface area contributed by atoms with Crippen molar-refractivity contribution in [2.45, 2.75) is 26.3 Å². The maximum atomic E-state index is 14.2. The second-order valence-corrected chi connectivity index (χ2v) is 6.03. The van der Waals surface area contributed by atoms with Crippen molar-refractivity contribution in [1.29, 1.82) is 0 Å². The van der Waals surface area contributed by atoms with Crippen molar-refractivity contribution in [2.24, 2.45) is 5.92 Å². The van der Waals surface area contributed by atoms with Crippen LogP contribution < -0.4 is 5.32 Å². The normalized spacial score (nSPS) is 18.8. The molecule has 0 radical (unpaired) electrons. The number of nitrogens with one attached hydrogen (secondary N) is 1. The second-order valence-electron chi connectivity index (χ2n) is 5.60. The topological polar surface area (TPSA) is 15.3 Å². The lowest BCUT2D eigenvalue weighted by Crippen LogP contribution is -2.45. The second kappa shape index (κ2) is 6.69. The Balaban J connectivity index is 2.25. The number of nitrogens with zero attached hydrogens (tertiary/aromatic N) is 1. The van der Waals surface area contributed by atoms with E-state index in [1.54, 1.807) is 6.07 Å². The van der Waals surface area contributed by atoms with Gasteiger partial charge in [-0.1, -0.05) is 31.5 Å². The monoisotopic (exact) mass is 284 g/mol. The first-order valence-electron chi connectivity index (χ1n) is 6.97. The molecule has 2 nitrogen and oxygen atoms in total. The molecule has 106 valence electrons. The molecule has 1 atom stereocenters. The van der Waals surface area contributed by atoms with E-state index >= 15 is 0 Å². The molecule has 1 N–H and O–H groups in total. The van der Waals surface area contributed by atoms with Gasteiger partial charge in [-0.3, -0.25) is 4.90 Å². The molecule has 0 aliphatic carbocycles. The van der Waals surface area contributed by atoms with Crippen LogP contribution in [-0.4, -0.2) is 31.1 Å². The van der Waals surface area contributed by atoms with Crippen LogP contribution in [0.1, 0.15) is 31.9 Å². The van der Waals surface area contributed by atoms with Crippen LogP contribution in [-0.2, 0) is 0 Å². The minimum absolute atomic E-state index is 0.152. The van der Waals surface area contributed by atoms with Crippen molar-refractivity contribution < 1.29 is 4.39 Å². The van der Waals surface area contributed by atoms with E-state index in [0.29, 0.717) is 10.9 Å². The summed E-state index contributed by atoms with van der Waals surface area (Å²) in [6.45, 7) is 8.26. The van der Waals surface area contributed by atoms with Gasteiger partial charge in [0, 0.05) is 42.8 Å². The highest BCUT2D eigenvalue weighted by Gasteiger charge is 2.25. The highest BCUT2D eigenvalue weighted by Crippen LogP contribution is 2.31. The molecule has 1 aromatic carbocycles. The fourth-order valence-corrected chi connectivity index (χ4v) is 2.84. The average molecular weight is 285 g/mol. The Labute approximate surface area is 119 Å². The number of piperazine rings is 1. The van der Waals surface area contributed by atoms with Gasteiger partial charge in [0.2, 0.25) is 0 Å². The summed E-state index contributed by atoms with van der Waals surface area (Å²) in [4.78, 5) is 2.38. The minimum atomic E-state index is -0.184. The zero-order chi connectivity index (χ0) is 13.8. The van der Waals surface area contributed by atoms with E-state index in [9.17, 15) is 4.39 Å². The fourth-order valence-electron chi connectivity index (χ4n) is 2.68. The maximum absolute atomic E-state index is 14.2. The Kier molecular flexibility index (Phi) is 5.20. The van der Waals surface area contributed by atoms with E-state index in [-0.39, 0.29) is 11.9 Å². The van der Waals surface area contributed by atoms with Crippen LogP contribution in [0.4, 0.5) is 4.39 Å². The van der Waals surface area contributed by atoms with Crippen LogP contribution in [0, 0.1) is 11.7 Å². The first-order chi connectivity index (χ1) is 9.08. The van der Waals surface area contributed by atoms with E-state index in [0.717, 1.165) is 38.2 Å². The summed E-state index contributed by atoms with van der Waals surface area (Å²) < 4.78 is 14.2. The summed E-state index contributed by atoms with van der Waals surface area (Å²) in [5.41, 5.74) is 0.778. The number of halogens is 2. The van der Waals surface area contributed by atoms with Gasteiger partial charge >= 0.3 is 0 Å². The molecule has 1 aromatic rings. The summed E-state index contributed by atoms with van der Waals surface area (Å²) in [6.07, 6.45) is 0.971. The van der Waals surface area contributed by atoms with Crippen LogP contribution in [0.25, 0.3) is 0 Å². The zero-order valence-corrected chi connectivity index (χ0v) is 12.4. The highest BCUT2D eigenvalue weighted by molar-refractivity contribution is 6.30. The van der Waals surface area contributed by atoms with Crippen LogP contribution in [0.2, 0.25) is 5.02 Å². The van der Waals surface area contributed by atoms with E-state index in [2.05, 4.69) is 24.1 Å². The molecule has 4 heteroatoms. The average Bonchev–Trinajstić information content (AvgIpc) is 2.37. The largest absolute Gasteiger partial charge is 0.314 e. The van der Waals surface area contributed by atoms with Gasteiger partial charge in [-0.25, -0.2) is 4.39 Å². The van der Waals surface area contributed by atoms with Gasteiger partial charge in [-0.2, -0.15) is 0 Å². The van der Waals surface area contributed by atoms with E-state index in [4.69, 9.17) is 11.6 Å². The van der Waals surface area contributed by atoms with Crippen LogP contribution in [0.15, 0.2) is 18.2 Å². The molecule has 1 aliphatic rings. The van der Waals surface area contributed by atoms with Crippen molar-refractivity contribution in [1.82, 2.24) is 10.2 Å². The predicted molar refractivity (Wildman–Crippen MR) is 78.0 cm³/mol. The fraction of sp³-hybridized carbons (Fsp3) is 0.600. The summed E-state index contributed by atoms with van der Waals surface area (Å²) >= 11 is 5.85. The Morgan fingerprint density at radius 2 is 2.00 bits per heavy atom. The molecule has 0 spiro atoms. The summed E-state index contributed by atoms with van der Waals surface area (Å²) in [7, 11) is 0. The minimum Gasteiger partial charge on any atom is -0.314 e. The molecule has 0 amide bonds. The lowest BCUT2D eigenvalue weighted by Gasteiger charge is -2.36. The number of benzene rings is 1. The van der Waals surface area contributed by atoms with Gasteiger partial charge < -0.3 is 5.32 Å². The van der Waals surface area contributed by atoms with Crippen molar-refractivity contribution in [3.63, 3.8) is 0 Å². The smallest absolute Gasteiger partial charge is 0.129 e. The van der Waals surface area contributed by atoms with Crippen molar-refractivity contribution in [2.75, 3.05) is 26.2 Å². The quantitative estimate of drug-likeness (QED) is 0.911. The number of hydrogen-bond donors (Lipinski definition) is 1. The van der Waals surface area contributed by atoms with Gasteiger partial charge in [0.15, 0.2) is 0 Å². The molecule has 1 fully saturated rings. The molecule has 0 aromatic heterocycles. The Bertz CT molecular complexity index is 417. The van der Waals surface area contributed by atoms with Crippen molar-refractivity contribution >= 4 is 11.6 Å². The lowest BCUT2D eigenvalue weighted by atomic mass is 9.94. The summed E-state index contributed by atoms with van der Waals surface area (Å²) in [6, 6.07) is 5.20. The predicted octanol–water partition coefficient (Wildman–Crippen LogP) is 3.47. The number of rotatable bonds is 4. The third kappa shape index (κ3) is 3.91. The summed E-state index contributed by atoms with van der Waals surface area (Å²) in [5, 5.41) is 3.80. The first-order valence-corrected chi connectivity index (χ1v) is 7.35.